The topological polar surface area (TPSA) is 173 Å². The van der Waals surface area contributed by atoms with Gasteiger partial charge in [0.2, 0.25) is 0 Å². The number of aliphatic hydroxyl groups excluding tert-OH is 1. The van der Waals surface area contributed by atoms with E-state index in [1.807, 2.05) is 133 Å². The van der Waals surface area contributed by atoms with Crippen LogP contribution in [0.2, 0.25) is 0 Å². The third-order valence-corrected chi connectivity index (χ3v) is 14.5. The molecule has 82 heavy (non-hydrogen) atoms. The van der Waals surface area contributed by atoms with Crippen molar-refractivity contribution < 1.29 is 71.6 Å². The SMILES string of the molecule is COC(=O)CCCCCCCCCCCO[C@@H]1O[C@H](CO[C@@H]2O[C@H](CO)[C@H](OCc3ccccc3)[C@H](OCc3ccccc3)[C@H]2OC(=O)c2ccccc2)[C@H](OCc2ccccc2)[C@H](OCc2ccccc2)[C@H]1OC(=O)c1ccccc1. The highest BCUT2D eigenvalue weighted by Crippen LogP contribution is 2.35. The minimum absolute atomic E-state index is 0.102. The number of aliphatic hydroxyl groups is 1. The van der Waals surface area contributed by atoms with E-state index in [1.54, 1.807) is 48.5 Å². The normalized spacial score (nSPS) is 22.5. The molecule has 0 amide bonds. The molecule has 0 aromatic heterocycles. The Morgan fingerprint density at radius 1 is 0.390 bits per heavy atom. The molecule has 15 nitrogen and oxygen atoms in total. The smallest absolute Gasteiger partial charge is 0.338 e. The Balaban J connectivity index is 1.09. The summed E-state index contributed by atoms with van der Waals surface area (Å²) in [6.07, 6.45) is -1.75. The molecule has 0 aliphatic carbocycles. The maximum Gasteiger partial charge on any atom is 0.338 e. The molecule has 2 heterocycles. The van der Waals surface area contributed by atoms with Gasteiger partial charge in [-0.25, -0.2) is 9.59 Å². The largest absolute Gasteiger partial charge is 0.469 e. The highest BCUT2D eigenvalue weighted by atomic mass is 16.8. The van der Waals surface area contributed by atoms with Crippen LogP contribution in [0.25, 0.3) is 0 Å². The Hall–Kier alpha value is -6.63. The van der Waals surface area contributed by atoms with Crippen molar-refractivity contribution in [1.82, 2.24) is 0 Å². The van der Waals surface area contributed by atoms with E-state index in [0.717, 1.165) is 73.6 Å². The standard InChI is InChI=1S/C67H78O15/c1-72-57(69)41-27-7-5-3-2-4-6-8-28-42-73-66-62(81-64(70)53-37-23-13-24-38-53)61(77-47-52-35-21-12-22-36-52)59(75-45-50-31-17-10-18-32-50)56(80-66)48-78-67-63(82-65(71)54-39-25-14-26-40-54)60(76-46-51-33-19-11-20-34-51)58(55(43-68)79-67)74-44-49-29-15-9-16-30-49/h9-26,29-40,55-56,58-63,66-68H,2-8,27-28,41-48H2,1H3/t55-,56-,58+,59+,60+,61+,62-,63-,66-,67-/m1/s1. The molecule has 0 radical (unpaired) electrons. The van der Waals surface area contributed by atoms with Crippen LogP contribution in [0, 0.1) is 0 Å². The molecule has 15 heteroatoms. The van der Waals surface area contributed by atoms with Crippen LogP contribution in [0.1, 0.15) is 107 Å². The summed E-state index contributed by atoms with van der Waals surface area (Å²) in [5.41, 5.74) is 4.09. The van der Waals surface area contributed by atoms with E-state index in [2.05, 4.69) is 0 Å². The van der Waals surface area contributed by atoms with E-state index < -0.39 is 80.0 Å². The second kappa shape index (κ2) is 34.1. The first-order valence-corrected chi connectivity index (χ1v) is 28.7. The van der Waals surface area contributed by atoms with E-state index in [9.17, 15) is 19.5 Å². The molecule has 0 unspecified atom stereocenters. The molecule has 1 N–H and O–H groups in total. The van der Waals surface area contributed by atoms with Gasteiger partial charge in [0.05, 0.1) is 57.9 Å². The molecule has 2 saturated heterocycles. The van der Waals surface area contributed by atoms with Gasteiger partial charge in [0.15, 0.2) is 24.8 Å². The maximum atomic E-state index is 14.3. The Morgan fingerprint density at radius 2 is 0.732 bits per heavy atom. The van der Waals surface area contributed by atoms with Crippen LogP contribution in [0.5, 0.6) is 0 Å². The molecule has 6 aromatic rings. The molecule has 0 saturated carbocycles. The second-order valence-corrected chi connectivity index (χ2v) is 20.5. The molecular formula is C67H78O15. The molecule has 2 aliphatic heterocycles. The molecule has 0 bridgehead atoms. The molecule has 10 atom stereocenters. The highest BCUT2D eigenvalue weighted by molar-refractivity contribution is 5.90. The van der Waals surface area contributed by atoms with Crippen LogP contribution >= 0.6 is 0 Å². The lowest BCUT2D eigenvalue weighted by molar-refractivity contribution is -0.343. The fourth-order valence-corrected chi connectivity index (χ4v) is 10.0. The summed E-state index contributed by atoms with van der Waals surface area (Å²) in [4.78, 5) is 40.0. The molecule has 6 aromatic carbocycles. The van der Waals surface area contributed by atoms with Gasteiger partial charge in [-0.05, 0) is 59.4 Å². The summed E-state index contributed by atoms with van der Waals surface area (Å²) >= 11 is 0. The highest BCUT2D eigenvalue weighted by Gasteiger charge is 2.53. The van der Waals surface area contributed by atoms with Crippen molar-refractivity contribution in [3.05, 3.63) is 215 Å². The Bertz CT molecular complexity index is 2720. The zero-order chi connectivity index (χ0) is 57.0. The molecule has 2 aliphatic rings. The summed E-state index contributed by atoms with van der Waals surface area (Å²) in [5, 5.41) is 11.1. The maximum absolute atomic E-state index is 14.3. The van der Waals surface area contributed by atoms with Crippen molar-refractivity contribution in [3.63, 3.8) is 0 Å². The summed E-state index contributed by atoms with van der Waals surface area (Å²) in [6, 6.07) is 55.9. The summed E-state index contributed by atoms with van der Waals surface area (Å²) in [6.45, 7) is 0.00616. The van der Waals surface area contributed by atoms with Crippen molar-refractivity contribution >= 4 is 17.9 Å². The third kappa shape index (κ3) is 19.2. The van der Waals surface area contributed by atoms with Gasteiger partial charge in [0.25, 0.3) is 0 Å². The molecule has 2 fully saturated rings. The number of benzene rings is 6. The predicted octanol–water partition coefficient (Wildman–Crippen LogP) is 11.3. The van der Waals surface area contributed by atoms with Gasteiger partial charge in [-0.3, -0.25) is 4.79 Å². The first-order valence-electron chi connectivity index (χ1n) is 28.7. The lowest BCUT2D eigenvalue weighted by Gasteiger charge is -2.47. The number of rotatable bonds is 33. The molecule has 8 rings (SSSR count). The van der Waals surface area contributed by atoms with E-state index in [0.29, 0.717) is 18.4 Å². The first-order chi connectivity index (χ1) is 40.4. The van der Waals surface area contributed by atoms with Crippen molar-refractivity contribution in [3.8, 4) is 0 Å². The Labute approximate surface area is 482 Å². The Kier molecular flexibility index (Phi) is 25.5. The zero-order valence-corrected chi connectivity index (χ0v) is 46.8. The number of hydrogen-bond donors (Lipinski definition) is 1. The van der Waals surface area contributed by atoms with Crippen molar-refractivity contribution in [2.45, 2.75) is 152 Å². The van der Waals surface area contributed by atoms with Crippen LogP contribution < -0.4 is 0 Å². The van der Waals surface area contributed by atoms with Gasteiger partial charge in [-0.15, -0.1) is 0 Å². The lowest BCUT2D eigenvalue weighted by atomic mass is 9.96. The number of methoxy groups -OCH3 is 1. The van der Waals surface area contributed by atoms with E-state index >= 15 is 0 Å². The minimum Gasteiger partial charge on any atom is -0.469 e. The number of unbranched alkanes of at least 4 members (excludes halogenated alkanes) is 8. The zero-order valence-electron chi connectivity index (χ0n) is 46.8. The van der Waals surface area contributed by atoms with Crippen molar-refractivity contribution in [2.24, 2.45) is 0 Å². The lowest BCUT2D eigenvalue weighted by Crippen LogP contribution is -2.64. The van der Waals surface area contributed by atoms with Crippen LogP contribution in [0.4, 0.5) is 0 Å². The number of esters is 3. The minimum atomic E-state index is -1.36. The van der Waals surface area contributed by atoms with E-state index in [1.165, 1.54) is 7.11 Å². The number of carbonyl (C=O) groups is 3. The molecule has 436 valence electrons. The quantitative estimate of drug-likeness (QED) is 0.0234. The van der Waals surface area contributed by atoms with Crippen LogP contribution in [-0.2, 0) is 83.3 Å². The summed E-state index contributed by atoms with van der Waals surface area (Å²) in [5.74, 6) is -1.42. The van der Waals surface area contributed by atoms with Gasteiger partial charge in [-0.2, -0.15) is 0 Å². The molecule has 0 spiro atoms. The fraction of sp³-hybridized carbons (Fsp3) is 0.418. The van der Waals surface area contributed by atoms with Gasteiger partial charge >= 0.3 is 17.9 Å². The Morgan fingerprint density at radius 3 is 1.13 bits per heavy atom. The second-order valence-electron chi connectivity index (χ2n) is 20.5. The average molecular weight is 1120 g/mol. The van der Waals surface area contributed by atoms with Crippen LogP contribution in [0.15, 0.2) is 182 Å². The van der Waals surface area contributed by atoms with Gasteiger partial charge in [-0.1, -0.05) is 203 Å². The summed E-state index contributed by atoms with van der Waals surface area (Å²) in [7, 11) is 1.42. The van der Waals surface area contributed by atoms with E-state index in [-0.39, 0.29) is 51.2 Å². The third-order valence-electron chi connectivity index (χ3n) is 14.5. The average Bonchev–Trinajstić information content (AvgIpc) is 3.72. The van der Waals surface area contributed by atoms with Crippen LogP contribution in [0.3, 0.4) is 0 Å². The van der Waals surface area contributed by atoms with Gasteiger partial charge in [0.1, 0.15) is 36.6 Å². The van der Waals surface area contributed by atoms with Crippen molar-refractivity contribution in [1.29, 1.82) is 0 Å². The number of ether oxygens (including phenoxy) is 11. The molecular weight excluding hydrogens is 1040 g/mol. The number of carbonyl (C=O) groups excluding carboxylic acids is 3. The van der Waals surface area contributed by atoms with Crippen LogP contribution in [-0.4, -0.2) is 111 Å². The van der Waals surface area contributed by atoms with E-state index in [4.69, 9.17) is 52.1 Å². The van der Waals surface area contributed by atoms with Crippen molar-refractivity contribution in [2.75, 3.05) is 26.9 Å². The summed E-state index contributed by atoms with van der Waals surface area (Å²) < 4.78 is 72.0. The monoisotopic (exact) mass is 1120 g/mol. The predicted molar refractivity (Wildman–Crippen MR) is 306 cm³/mol. The van der Waals surface area contributed by atoms with Gasteiger partial charge in [0, 0.05) is 13.0 Å². The number of hydrogen-bond acceptors (Lipinski definition) is 15. The first kappa shape index (κ1) is 61.4. The fourth-order valence-electron chi connectivity index (χ4n) is 10.0. The van der Waals surface area contributed by atoms with Gasteiger partial charge < -0.3 is 57.2 Å².